The molecule has 7 heteroatoms. The molecule has 28 heavy (non-hydrogen) atoms. The smallest absolute Gasteiger partial charge is 0.237 e. The Morgan fingerprint density at radius 1 is 1.29 bits per heavy atom. The first kappa shape index (κ1) is 23.1. The van der Waals surface area contributed by atoms with Gasteiger partial charge >= 0.3 is 0 Å². The molecule has 0 radical (unpaired) electrons. The quantitative estimate of drug-likeness (QED) is 0.721. The van der Waals surface area contributed by atoms with E-state index >= 15 is 0 Å². The highest BCUT2D eigenvalue weighted by Gasteiger charge is 2.34. The third-order valence-corrected chi connectivity index (χ3v) is 5.97. The predicted octanol–water partition coefficient (Wildman–Crippen LogP) is 2.73. The third kappa shape index (κ3) is 6.14. The van der Waals surface area contributed by atoms with Crippen LogP contribution in [-0.2, 0) is 16.1 Å². The first-order valence-electron chi connectivity index (χ1n) is 10.1. The summed E-state index contributed by atoms with van der Waals surface area (Å²) in [6.45, 7) is 4.88. The Bertz CT molecular complexity index is 603. The molecule has 0 saturated carbocycles. The molecule has 1 aromatic carbocycles. The molecule has 0 aromatic heterocycles. The molecule has 5 nitrogen and oxygen atoms in total. The molecule has 2 saturated heterocycles. The molecule has 3 rings (SSSR count). The van der Waals surface area contributed by atoms with Crippen LogP contribution in [0.4, 0.5) is 4.39 Å². The molecule has 2 heterocycles. The van der Waals surface area contributed by atoms with Crippen LogP contribution in [0.1, 0.15) is 37.7 Å². The van der Waals surface area contributed by atoms with Gasteiger partial charge in [0.15, 0.2) is 0 Å². The number of likely N-dealkylation sites (tertiary alicyclic amines) is 1. The lowest BCUT2D eigenvalue weighted by molar-refractivity contribution is -0.128. The fraction of sp³-hybridized carbons (Fsp3) is 0.667. The van der Waals surface area contributed by atoms with Gasteiger partial charge in [-0.05, 0) is 63.0 Å². The van der Waals surface area contributed by atoms with Crippen molar-refractivity contribution in [3.8, 4) is 0 Å². The van der Waals surface area contributed by atoms with Crippen molar-refractivity contribution in [2.45, 2.75) is 44.7 Å². The fourth-order valence-corrected chi connectivity index (χ4v) is 4.33. The number of amides is 1. The lowest BCUT2D eigenvalue weighted by atomic mass is 9.79. The summed E-state index contributed by atoms with van der Waals surface area (Å²) >= 11 is 0. The molecular formula is C21H33ClFN3O2. The van der Waals surface area contributed by atoms with E-state index < -0.39 is 0 Å². The summed E-state index contributed by atoms with van der Waals surface area (Å²) < 4.78 is 18.6. The SMILES string of the molecule is COCC1(CNC(=O)C2CCCCN2Cc2ccc(F)cc2)CCNCC1.Cl. The average Bonchev–Trinajstić information content (AvgIpc) is 2.69. The van der Waals surface area contributed by atoms with Gasteiger partial charge in [-0.2, -0.15) is 0 Å². The molecule has 2 aliphatic rings. The first-order valence-corrected chi connectivity index (χ1v) is 10.1. The van der Waals surface area contributed by atoms with Crippen molar-refractivity contribution >= 4 is 18.3 Å². The number of nitrogens with zero attached hydrogens (tertiary/aromatic N) is 1. The number of carbonyl (C=O) groups is 1. The van der Waals surface area contributed by atoms with Crippen LogP contribution in [0.3, 0.4) is 0 Å². The van der Waals surface area contributed by atoms with Gasteiger partial charge in [-0.15, -0.1) is 12.4 Å². The number of carbonyl (C=O) groups excluding carboxylic acids is 1. The van der Waals surface area contributed by atoms with E-state index in [-0.39, 0.29) is 35.6 Å². The van der Waals surface area contributed by atoms with Crippen molar-refractivity contribution < 1.29 is 13.9 Å². The standard InChI is InChI=1S/C21H32FN3O2.ClH/c1-27-16-21(9-11-23-12-10-21)15-24-20(26)19-4-2-3-13-25(19)14-17-5-7-18(22)8-6-17;/h5-8,19,23H,2-4,9-16H2,1H3,(H,24,26);1H. The van der Waals surface area contributed by atoms with E-state index in [0.717, 1.165) is 57.3 Å². The molecule has 2 aliphatic heterocycles. The average molecular weight is 414 g/mol. The van der Waals surface area contributed by atoms with Crippen molar-refractivity contribution in [1.82, 2.24) is 15.5 Å². The number of methoxy groups -OCH3 is 1. The molecule has 1 unspecified atom stereocenters. The number of hydrogen-bond donors (Lipinski definition) is 2. The van der Waals surface area contributed by atoms with Crippen molar-refractivity contribution in [2.75, 3.05) is 39.9 Å². The molecule has 0 spiro atoms. The minimum absolute atomic E-state index is 0. The number of halogens is 2. The number of benzene rings is 1. The summed E-state index contributed by atoms with van der Waals surface area (Å²) in [7, 11) is 1.73. The Hall–Kier alpha value is -1.21. The Kier molecular flexibility index (Phi) is 9.15. The van der Waals surface area contributed by atoms with Gasteiger partial charge in [0, 0.05) is 25.6 Å². The normalized spacial score (nSPS) is 22.3. The van der Waals surface area contributed by atoms with E-state index in [1.54, 1.807) is 7.11 Å². The first-order chi connectivity index (χ1) is 13.1. The third-order valence-electron chi connectivity index (χ3n) is 5.97. The molecule has 0 aliphatic carbocycles. The van der Waals surface area contributed by atoms with E-state index in [1.165, 1.54) is 12.1 Å². The number of rotatable bonds is 7. The zero-order valence-corrected chi connectivity index (χ0v) is 17.5. The molecule has 2 N–H and O–H groups in total. The summed E-state index contributed by atoms with van der Waals surface area (Å²) in [5, 5.41) is 6.61. The van der Waals surface area contributed by atoms with Crippen molar-refractivity contribution in [1.29, 1.82) is 0 Å². The van der Waals surface area contributed by atoms with E-state index in [4.69, 9.17) is 4.74 Å². The molecular weight excluding hydrogens is 381 g/mol. The van der Waals surface area contributed by atoms with Gasteiger partial charge in [0.25, 0.3) is 0 Å². The fourth-order valence-electron chi connectivity index (χ4n) is 4.33. The molecule has 1 amide bonds. The number of nitrogens with one attached hydrogen (secondary N) is 2. The van der Waals surface area contributed by atoms with Gasteiger partial charge in [0.05, 0.1) is 12.6 Å². The zero-order chi connectivity index (χ0) is 19.1. The minimum Gasteiger partial charge on any atom is -0.384 e. The second kappa shape index (κ2) is 11.1. The van der Waals surface area contributed by atoms with Crippen molar-refractivity contribution in [3.05, 3.63) is 35.6 Å². The summed E-state index contributed by atoms with van der Waals surface area (Å²) in [4.78, 5) is 15.2. The van der Waals surface area contributed by atoms with Gasteiger partial charge in [0.2, 0.25) is 5.91 Å². The van der Waals surface area contributed by atoms with Crippen molar-refractivity contribution in [3.63, 3.8) is 0 Å². The monoisotopic (exact) mass is 413 g/mol. The lowest BCUT2D eigenvalue weighted by Crippen LogP contribution is -2.53. The van der Waals surface area contributed by atoms with Crippen LogP contribution < -0.4 is 10.6 Å². The zero-order valence-electron chi connectivity index (χ0n) is 16.7. The van der Waals surface area contributed by atoms with Crippen molar-refractivity contribution in [2.24, 2.45) is 5.41 Å². The Labute approximate surface area is 173 Å². The summed E-state index contributed by atoms with van der Waals surface area (Å²) in [5.41, 5.74) is 1.08. The van der Waals surface area contributed by atoms with E-state index in [0.29, 0.717) is 19.7 Å². The highest BCUT2D eigenvalue weighted by Crippen LogP contribution is 2.28. The topological polar surface area (TPSA) is 53.6 Å². The number of piperidine rings is 2. The van der Waals surface area contributed by atoms with Gasteiger partial charge in [-0.3, -0.25) is 9.69 Å². The second-order valence-corrected chi connectivity index (χ2v) is 8.01. The second-order valence-electron chi connectivity index (χ2n) is 8.01. The molecule has 1 atom stereocenters. The summed E-state index contributed by atoms with van der Waals surface area (Å²) in [6.07, 6.45) is 5.09. The Morgan fingerprint density at radius 2 is 2.00 bits per heavy atom. The van der Waals surface area contributed by atoms with Crippen LogP contribution in [0.2, 0.25) is 0 Å². The van der Waals surface area contributed by atoms with Crippen LogP contribution >= 0.6 is 12.4 Å². The largest absolute Gasteiger partial charge is 0.384 e. The Morgan fingerprint density at radius 3 is 2.68 bits per heavy atom. The molecule has 158 valence electrons. The maximum absolute atomic E-state index is 13.2. The lowest BCUT2D eigenvalue weighted by Gasteiger charge is -2.39. The van der Waals surface area contributed by atoms with E-state index in [1.807, 2.05) is 12.1 Å². The van der Waals surface area contributed by atoms with Crippen LogP contribution in [0.25, 0.3) is 0 Å². The van der Waals surface area contributed by atoms with E-state index in [9.17, 15) is 9.18 Å². The van der Waals surface area contributed by atoms with Gasteiger partial charge in [-0.25, -0.2) is 4.39 Å². The van der Waals surface area contributed by atoms with Gasteiger partial charge in [-0.1, -0.05) is 18.6 Å². The summed E-state index contributed by atoms with van der Waals surface area (Å²) in [6, 6.07) is 6.48. The number of ether oxygens (including phenoxy) is 1. The molecule has 1 aromatic rings. The molecule has 0 bridgehead atoms. The predicted molar refractivity (Wildman–Crippen MR) is 111 cm³/mol. The summed E-state index contributed by atoms with van der Waals surface area (Å²) in [5.74, 6) is -0.108. The molecule has 2 fully saturated rings. The maximum atomic E-state index is 13.2. The number of hydrogen-bond acceptors (Lipinski definition) is 4. The Balaban J connectivity index is 0.00000280. The van der Waals surface area contributed by atoms with E-state index in [2.05, 4.69) is 15.5 Å². The van der Waals surface area contributed by atoms with Gasteiger partial charge < -0.3 is 15.4 Å². The van der Waals surface area contributed by atoms with Crippen LogP contribution in [0, 0.1) is 11.2 Å². The maximum Gasteiger partial charge on any atom is 0.237 e. The van der Waals surface area contributed by atoms with Crippen LogP contribution in [-0.4, -0.2) is 56.7 Å². The van der Waals surface area contributed by atoms with Gasteiger partial charge in [0.1, 0.15) is 5.82 Å². The van der Waals surface area contributed by atoms with Crippen LogP contribution in [0.15, 0.2) is 24.3 Å². The minimum atomic E-state index is -0.225. The highest BCUT2D eigenvalue weighted by atomic mass is 35.5. The van der Waals surface area contributed by atoms with Crippen LogP contribution in [0.5, 0.6) is 0 Å². The highest BCUT2D eigenvalue weighted by molar-refractivity contribution is 5.85.